The van der Waals surface area contributed by atoms with E-state index in [1.807, 2.05) is 13.8 Å². The van der Waals surface area contributed by atoms with Crippen molar-refractivity contribution in [1.29, 1.82) is 0 Å². The zero-order chi connectivity index (χ0) is 11.8. The van der Waals surface area contributed by atoms with Crippen molar-refractivity contribution in [2.45, 2.75) is 26.3 Å². The molecule has 1 N–H and O–H groups in total. The fourth-order valence-corrected chi connectivity index (χ4v) is 1.19. The number of rotatable bonds is 6. The van der Waals surface area contributed by atoms with Crippen LogP contribution in [0.5, 0.6) is 0 Å². The molecule has 0 rings (SSSR count). The maximum absolute atomic E-state index is 11.3. The topological polar surface area (TPSA) is 64.6 Å². The SMILES string of the molecule is COCC(=O)N[C@@H](CC(C)C)C(=O)OC. The Morgan fingerprint density at radius 3 is 2.27 bits per heavy atom. The molecule has 88 valence electrons. The minimum absolute atomic E-state index is 0.0500. The van der Waals surface area contributed by atoms with E-state index >= 15 is 0 Å². The first-order valence-corrected chi connectivity index (χ1v) is 4.87. The molecule has 5 heteroatoms. The van der Waals surface area contributed by atoms with Crippen molar-refractivity contribution in [3.63, 3.8) is 0 Å². The lowest BCUT2D eigenvalue weighted by molar-refractivity contribution is -0.146. The van der Waals surface area contributed by atoms with Crippen molar-refractivity contribution in [2.24, 2.45) is 5.92 Å². The molecular formula is C10H19NO4. The van der Waals surface area contributed by atoms with Crippen LogP contribution < -0.4 is 5.32 Å². The highest BCUT2D eigenvalue weighted by Gasteiger charge is 2.22. The highest BCUT2D eigenvalue weighted by Crippen LogP contribution is 2.05. The molecule has 0 aliphatic carbocycles. The largest absolute Gasteiger partial charge is 0.467 e. The van der Waals surface area contributed by atoms with Gasteiger partial charge in [-0.25, -0.2) is 4.79 Å². The van der Waals surface area contributed by atoms with E-state index in [4.69, 9.17) is 0 Å². The predicted molar refractivity (Wildman–Crippen MR) is 55.3 cm³/mol. The summed E-state index contributed by atoms with van der Waals surface area (Å²) in [5.74, 6) is -0.432. The Bertz CT molecular complexity index is 215. The molecule has 0 aliphatic heterocycles. The molecule has 0 aromatic rings. The summed E-state index contributed by atoms with van der Waals surface area (Å²) in [5.41, 5.74) is 0. The standard InChI is InChI=1S/C10H19NO4/c1-7(2)5-8(10(13)15-4)11-9(12)6-14-3/h7-8H,5-6H2,1-4H3,(H,11,12)/t8-/m0/s1. The van der Waals surface area contributed by atoms with Gasteiger partial charge in [0.1, 0.15) is 12.6 Å². The molecule has 0 aromatic carbocycles. The Balaban J connectivity index is 4.24. The summed E-state index contributed by atoms with van der Waals surface area (Å²) in [5, 5.41) is 2.56. The van der Waals surface area contributed by atoms with E-state index < -0.39 is 12.0 Å². The number of amides is 1. The number of hydrogen-bond donors (Lipinski definition) is 1. The fourth-order valence-electron chi connectivity index (χ4n) is 1.19. The summed E-state index contributed by atoms with van der Waals surface area (Å²) in [6.45, 7) is 3.89. The summed E-state index contributed by atoms with van der Waals surface area (Å²) in [4.78, 5) is 22.5. The zero-order valence-corrected chi connectivity index (χ0v) is 9.70. The van der Waals surface area contributed by atoms with Gasteiger partial charge in [0, 0.05) is 7.11 Å². The van der Waals surface area contributed by atoms with Gasteiger partial charge in [0.15, 0.2) is 0 Å². The first-order valence-electron chi connectivity index (χ1n) is 4.87. The molecular weight excluding hydrogens is 198 g/mol. The van der Waals surface area contributed by atoms with E-state index in [2.05, 4.69) is 14.8 Å². The maximum atomic E-state index is 11.3. The number of nitrogens with one attached hydrogen (secondary N) is 1. The normalized spacial score (nSPS) is 12.3. The number of methoxy groups -OCH3 is 2. The monoisotopic (exact) mass is 217 g/mol. The van der Waals surface area contributed by atoms with Crippen LogP contribution >= 0.6 is 0 Å². The average molecular weight is 217 g/mol. The fraction of sp³-hybridized carbons (Fsp3) is 0.800. The smallest absolute Gasteiger partial charge is 0.328 e. The molecule has 0 aromatic heterocycles. The second-order valence-corrected chi connectivity index (χ2v) is 3.71. The van der Waals surface area contributed by atoms with Gasteiger partial charge in [-0.3, -0.25) is 4.79 Å². The van der Waals surface area contributed by atoms with Gasteiger partial charge in [-0.2, -0.15) is 0 Å². The Morgan fingerprint density at radius 2 is 1.87 bits per heavy atom. The molecule has 0 fully saturated rings. The van der Waals surface area contributed by atoms with E-state index in [-0.39, 0.29) is 12.5 Å². The minimum Gasteiger partial charge on any atom is -0.467 e. The molecule has 0 heterocycles. The van der Waals surface area contributed by atoms with Gasteiger partial charge >= 0.3 is 5.97 Å². The molecule has 0 bridgehead atoms. The third-order valence-corrected chi connectivity index (χ3v) is 1.80. The molecule has 15 heavy (non-hydrogen) atoms. The predicted octanol–water partition coefficient (Wildman–Crippen LogP) is 0.337. The highest BCUT2D eigenvalue weighted by molar-refractivity contribution is 5.84. The van der Waals surface area contributed by atoms with Gasteiger partial charge < -0.3 is 14.8 Å². The van der Waals surface area contributed by atoms with Gasteiger partial charge in [0.05, 0.1) is 7.11 Å². The lowest BCUT2D eigenvalue weighted by Gasteiger charge is -2.17. The van der Waals surface area contributed by atoms with Crippen LogP contribution in [0.1, 0.15) is 20.3 Å². The maximum Gasteiger partial charge on any atom is 0.328 e. The number of carbonyl (C=O) groups is 2. The summed E-state index contributed by atoms with van der Waals surface area (Å²) in [6, 6.07) is -0.586. The average Bonchev–Trinajstić information content (AvgIpc) is 2.15. The van der Waals surface area contributed by atoms with Gasteiger partial charge in [-0.05, 0) is 12.3 Å². The molecule has 0 spiro atoms. The van der Waals surface area contributed by atoms with Crippen LogP contribution in [-0.4, -0.2) is 38.7 Å². The summed E-state index contributed by atoms with van der Waals surface area (Å²) >= 11 is 0. The lowest BCUT2D eigenvalue weighted by Crippen LogP contribution is -2.43. The van der Waals surface area contributed by atoms with Crippen LogP contribution in [0.15, 0.2) is 0 Å². The van der Waals surface area contributed by atoms with E-state index in [1.165, 1.54) is 14.2 Å². The van der Waals surface area contributed by atoms with Crippen LogP contribution in [0.25, 0.3) is 0 Å². The second-order valence-electron chi connectivity index (χ2n) is 3.71. The lowest BCUT2D eigenvalue weighted by atomic mass is 10.0. The van der Waals surface area contributed by atoms with Crippen molar-refractivity contribution in [3.8, 4) is 0 Å². The van der Waals surface area contributed by atoms with Crippen LogP contribution in [-0.2, 0) is 19.1 Å². The highest BCUT2D eigenvalue weighted by atomic mass is 16.5. The molecule has 0 radical (unpaired) electrons. The summed E-state index contributed by atoms with van der Waals surface area (Å²) in [7, 11) is 2.73. The number of ether oxygens (including phenoxy) is 2. The Hall–Kier alpha value is -1.10. The second kappa shape index (κ2) is 7.23. The van der Waals surface area contributed by atoms with Crippen LogP contribution in [0.2, 0.25) is 0 Å². The summed E-state index contributed by atoms with van der Waals surface area (Å²) < 4.78 is 9.26. The van der Waals surface area contributed by atoms with Crippen molar-refractivity contribution >= 4 is 11.9 Å². The Labute approximate surface area is 90.1 Å². The third-order valence-electron chi connectivity index (χ3n) is 1.80. The van der Waals surface area contributed by atoms with Crippen molar-refractivity contribution in [1.82, 2.24) is 5.32 Å². The first kappa shape index (κ1) is 13.9. The number of esters is 1. The van der Waals surface area contributed by atoms with E-state index in [9.17, 15) is 9.59 Å². The molecule has 1 atom stereocenters. The first-order chi connectivity index (χ1) is 7.01. The van der Waals surface area contributed by atoms with E-state index in [0.29, 0.717) is 12.3 Å². The van der Waals surface area contributed by atoms with Crippen molar-refractivity contribution in [2.75, 3.05) is 20.8 Å². The Kier molecular flexibility index (Phi) is 6.70. The zero-order valence-electron chi connectivity index (χ0n) is 9.70. The molecule has 0 saturated heterocycles. The molecule has 0 unspecified atom stereocenters. The van der Waals surface area contributed by atoms with Crippen molar-refractivity contribution < 1.29 is 19.1 Å². The van der Waals surface area contributed by atoms with Gasteiger partial charge in [-0.15, -0.1) is 0 Å². The molecule has 5 nitrogen and oxygen atoms in total. The van der Waals surface area contributed by atoms with E-state index in [0.717, 1.165) is 0 Å². The van der Waals surface area contributed by atoms with Crippen LogP contribution in [0.3, 0.4) is 0 Å². The van der Waals surface area contributed by atoms with Gasteiger partial charge in [0.25, 0.3) is 0 Å². The molecule has 1 amide bonds. The number of carbonyl (C=O) groups excluding carboxylic acids is 2. The van der Waals surface area contributed by atoms with Crippen LogP contribution in [0.4, 0.5) is 0 Å². The van der Waals surface area contributed by atoms with Crippen molar-refractivity contribution in [3.05, 3.63) is 0 Å². The van der Waals surface area contributed by atoms with Gasteiger partial charge in [0.2, 0.25) is 5.91 Å². The molecule has 0 saturated carbocycles. The molecule has 0 aliphatic rings. The van der Waals surface area contributed by atoms with E-state index in [1.54, 1.807) is 0 Å². The quantitative estimate of drug-likeness (QED) is 0.651. The van der Waals surface area contributed by atoms with Gasteiger partial charge in [-0.1, -0.05) is 13.8 Å². The van der Waals surface area contributed by atoms with Crippen LogP contribution in [0, 0.1) is 5.92 Å². The minimum atomic E-state index is -0.586. The third kappa shape index (κ3) is 6.06. The Morgan fingerprint density at radius 1 is 1.27 bits per heavy atom. The summed E-state index contributed by atoms with van der Waals surface area (Å²) in [6.07, 6.45) is 0.558. The number of hydrogen-bond acceptors (Lipinski definition) is 4.